The van der Waals surface area contributed by atoms with Crippen molar-refractivity contribution >= 4 is 11.6 Å². The van der Waals surface area contributed by atoms with Crippen LogP contribution in [0.3, 0.4) is 0 Å². The monoisotopic (exact) mass is 275 g/mol. The lowest BCUT2D eigenvalue weighted by atomic mass is 9.52. The number of anilines is 2. The second kappa shape index (κ2) is 4.46. The van der Waals surface area contributed by atoms with Crippen molar-refractivity contribution in [3.8, 4) is 0 Å². The molecular weight excluding hydrogens is 254 g/mol. The predicted molar refractivity (Wildman–Crippen MR) is 76.1 cm³/mol. The molecule has 4 aliphatic carbocycles. The Balaban J connectivity index is 1.47. The summed E-state index contributed by atoms with van der Waals surface area (Å²) in [7, 11) is 0. The first-order valence-electron chi connectivity index (χ1n) is 7.65. The van der Waals surface area contributed by atoms with Crippen LogP contribution in [0.1, 0.15) is 32.1 Å². The number of aromatic amines is 1. The summed E-state index contributed by atoms with van der Waals surface area (Å²) < 4.78 is 0. The molecule has 0 atom stereocenters. The van der Waals surface area contributed by atoms with Gasteiger partial charge in [0.25, 0.3) is 0 Å². The van der Waals surface area contributed by atoms with Gasteiger partial charge in [-0.3, -0.25) is 0 Å². The highest BCUT2D eigenvalue weighted by Crippen LogP contribution is 2.56. The average Bonchev–Trinajstić information content (AvgIpc) is 2.41. The van der Waals surface area contributed by atoms with Gasteiger partial charge in [-0.15, -0.1) is 5.10 Å². The van der Waals surface area contributed by atoms with Crippen LogP contribution in [0.25, 0.3) is 0 Å². The van der Waals surface area contributed by atoms with Gasteiger partial charge in [0.15, 0.2) is 11.6 Å². The van der Waals surface area contributed by atoms with Gasteiger partial charge in [0.05, 0.1) is 0 Å². The molecule has 0 unspecified atom stereocenters. The Morgan fingerprint density at radius 1 is 1.15 bits per heavy atom. The summed E-state index contributed by atoms with van der Waals surface area (Å²) >= 11 is 0. The van der Waals surface area contributed by atoms with Gasteiger partial charge < -0.3 is 11.1 Å². The molecule has 0 aromatic carbocycles. The molecule has 108 valence electrons. The van der Waals surface area contributed by atoms with E-state index in [2.05, 4.69) is 20.5 Å². The van der Waals surface area contributed by atoms with E-state index in [4.69, 9.17) is 5.73 Å². The van der Waals surface area contributed by atoms with Gasteiger partial charge in [-0.05, 0) is 61.7 Å². The highest BCUT2D eigenvalue weighted by Gasteiger charge is 2.47. The molecule has 6 nitrogen and oxygen atoms in total. The second-order valence-electron chi connectivity index (χ2n) is 6.85. The molecule has 4 N–H and O–H groups in total. The van der Waals surface area contributed by atoms with Crippen molar-refractivity contribution in [3.05, 3.63) is 10.5 Å². The average molecular weight is 275 g/mol. The van der Waals surface area contributed by atoms with Crippen molar-refractivity contribution in [2.45, 2.75) is 32.1 Å². The van der Waals surface area contributed by atoms with Crippen LogP contribution in [0.4, 0.5) is 11.6 Å². The zero-order valence-corrected chi connectivity index (χ0v) is 11.5. The van der Waals surface area contributed by atoms with Crippen LogP contribution < -0.4 is 16.7 Å². The highest BCUT2D eigenvalue weighted by molar-refractivity contribution is 5.54. The molecule has 0 radical (unpaired) electrons. The lowest BCUT2D eigenvalue weighted by molar-refractivity contribution is -0.0305. The Bertz CT molecular complexity index is 541. The van der Waals surface area contributed by atoms with E-state index in [1.165, 1.54) is 32.1 Å². The Morgan fingerprint density at radius 3 is 2.45 bits per heavy atom. The minimum Gasteiger partial charge on any atom is -0.379 e. The summed E-state index contributed by atoms with van der Waals surface area (Å²) in [4.78, 5) is 15.1. The Labute approximate surface area is 117 Å². The number of aromatic nitrogens is 3. The zero-order valence-electron chi connectivity index (χ0n) is 11.5. The second-order valence-corrected chi connectivity index (χ2v) is 6.85. The Morgan fingerprint density at radius 2 is 1.80 bits per heavy atom. The fraction of sp³-hybridized carbons (Fsp3) is 0.786. The van der Waals surface area contributed by atoms with Crippen LogP contribution in [0.2, 0.25) is 0 Å². The maximum atomic E-state index is 11.2. The lowest BCUT2D eigenvalue weighted by Gasteiger charge is -2.54. The van der Waals surface area contributed by atoms with Gasteiger partial charge in [-0.2, -0.15) is 4.98 Å². The van der Waals surface area contributed by atoms with E-state index >= 15 is 0 Å². The van der Waals surface area contributed by atoms with E-state index in [-0.39, 0.29) is 5.82 Å². The number of nitrogens with two attached hydrogens (primary N) is 1. The van der Waals surface area contributed by atoms with Crippen LogP contribution in [0, 0.1) is 29.6 Å². The third kappa shape index (κ3) is 1.98. The van der Waals surface area contributed by atoms with Gasteiger partial charge in [-0.1, -0.05) is 0 Å². The molecule has 0 saturated heterocycles. The van der Waals surface area contributed by atoms with E-state index in [1.807, 2.05) is 0 Å². The summed E-state index contributed by atoms with van der Waals surface area (Å²) in [6, 6.07) is 0. The van der Waals surface area contributed by atoms with Gasteiger partial charge in [-0.25, -0.2) is 9.89 Å². The number of rotatable bonds is 3. The first-order chi connectivity index (χ1) is 9.69. The maximum absolute atomic E-state index is 11.2. The van der Waals surface area contributed by atoms with Crippen LogP contribution in [0.15, 0.2) is 4.79 Å². The summed E-state index contributed by atoms with van der Waals surface area (Å²) in [6.45, 7) is 0.872. The standard InChI is InChI=1S/C14H21N5O/c15-12-13(17-14(20)19-18-12)16-6-11-9-2-7-1-8(4-9)5-10(11)3-7/h7-11H,1-6H2,(H2,15,18)(H2,16,17,19,20). The summed E-state index contributed by atoms with van der Waals surface area (Å²) in [5.41, 5.74) is 5.29. The third-order valence-electron chi connectivity index (χ3n) is 5.66. The summed E-state index contributed by atoms with van der Waals surface area (Å²) in [5.74, 6) is 5.10. The van der Waals surface area contributed by atoms with Crippen molar-refractivity contribution < 1.29 is 0 Å². The molecular formula is C14H21N5O. The van der Waals surface area contributed by atoms with Crippen molar-refractivity contribution in [1.29, 1.82) is 0 Å². The predicted octanol–water partition coefficient (Wildman–Crippen LogP) is 1.23. The fourth-order valence-electron chi connectivity index (χ4n) is 5.06. The normalized spacial score (nSPS) is 38.1. The Hall–Kier alpha value is -1.59. The van der Waals surface area contributed by atoms with Crippen LogP contribution in [-0.2, 0) is 0 Å². The van der Waals surface area contributed by atoms with Crippen LogP contribution in [-0.4, -0.2) is 21.7 Å². The molecule has 1 heterocycles. The van der Waals surface area contributed by atoms with E-state index in [1.54, 1.807) is 0 Å². The smallest absolute Gasteiger partial charge is 0.363 e. The topological polar surface area (TPSA) is 96.7 Å². The molecule has 6 heteroatoms. The molecule has 4 bridgehead atoms. The van der Waals surface area contributed by atoms with E-state index in [0.717, 1.165) is 30.2 Å². The van der Waals surface area contributed by atoms with Gasteiger partial charge in [0.1, 0.15) is 0 Å². The summed E-state index contributed by atoms with van der Waals surface area (Å²) in [5, 5.41) is 9.26. The van der Waals surface area contributed by atoms with Crippen LogP contribution in [0.5, 0.6) is 0 Å². The minimum absolute atomic E-state index is 0.272. The highest BCUT2D eigenvalue weighted by atomic mass is 16.1. The molecule has 20 heavy (non-hydrogen) atoms. The number of nitrogens with zero attached hydrogens (tertiary/aromatic N) is 2. The fourth-order valence-corrected chi connectivity index (χ4v) is 5.06. The SMILES string of the molecule is Nc1n[nH]c(=O)nc1NCC1C2CC3CC(C2)CC1C3. The third-order valence-corrected chi connectivity index (χ3v) is 5.66. The lowest BCUT2D eigenvalue weighted by Crippen LogP contribution is -2.47. The number of H-pyrrole nitrogens is 1. The zero-order chi connectivity index (χ0) is 13.7. The van der Waals surface area contributed by atoms with Crippen LogP contribution >= 0.6 is 0 Å². The molecule has 0 spiro atoms. The molecule has 0 amide bonds. The van der Waals surface area contributed by atoms with Gasteiger partial charge >= 0.3 is 5.69 Å². The van der Waals surface area contributed by atoms with Crippen molar-refractivity contribution in [2.75, 3.05) is 17.6 Å². The minimum atomic E-state index is -0.452. The van der Waals surface area contributed by atoms with Gasteiger partial charge in [0, 0.05) is 6.54 Å². The molecule has 1 aromatic rings. The van der Waals surface area contributed by atoms with Gasteiger partial charge in [0.2, 0.25) is 0 Å². The summed E-state index contributed by atoms with van der Waals surface area (Å²) in [6.07, 6.45) is 7.07. The first-order valence-corrected chi connectivity index (χ1v) is 7.65. The van der Waals surface area contributed by atoms with E-state index in [0.29, 0.717) is 11.7 Å². The quantitative estimate of drug-likeness (QED) is 0.771. The van der Waals surface area contributed by atoms with Crippen molar-refractivity contribution in [3.63, 3.8) is 0 Å². The molecule has 4 saturated carbocycles. The number of nitrogens with one attached hydrogen (secondary N) is 2. The van der Waals surface area contributed by atoms with Crippen molar-refractivity contribution in [1.82, 2.24) is 15.2 Å². The number of hydrogen-bond acceptors (Lipinski definition) is 5. The van der Waals surface area contributed by atoms with Crippen molar-refractivity contribution in [2.24, 2.45) is 29.6 Å². The molecule has 0 aliphatic heterocycles. The molecule has 4 aliphatic rings. The maximum Gasteiger partial charge on any atom is 0.363 e. The first kappa shape index (κ1) is 12.2. The molecule has 4 fully saturated rings. The number of nitrogen functional groups attached to an aromatic ring is 1. The van der Waals surface area contributed by atoms with E-state index in [9.17, 15) is 4.79 Å². The van der Waals surface area contributed by atoms with E-state index < -0.39 is 5.69 Å². The molecule has 1 aromatic heterocycles. The number of hydrogen-bond donors (Lipinski definition) is 3. The Kier molecular flexibility index (Phi) is 2.72. The molecule has 5 rings (SSSR count). The largest absolute Gasteiger partial charge is 0.379 e.